The Morgan fingerprint density at radius 2 is 2.10 bits per heavy atom. The highest BCUT2D eigenvalue weighted by Crippen LogP contribution is 2.52. The highest BCUT2D eigenvalue weighted by molar-refractivity contribution is 7.99. The Hall–Kier alpha value is -1.49. The first-order valence-electron chi connectivity index (χ1n) is 6.49. The van der Waals surface area contributed by atoms with Gasteiger partial charge in [0.2, 0.25) is 0 Å². The van der Waals surface area contributed by atoms with Crippen molar-refractivity contribution < 1.29 is 19.4 Å². The van der Waals surface area contributed by atoms with Gasteiger partial charge in [0.1, 0.15) is 0 Å². The Kier molecular flexibility index (Phi) is 4.38. The molecule has 4 nitrogen and oxygen atoms in total. The van der Waals surface area contributed by atoms with E-state index in [4.69, 9.17) is 9.84 Å². The summed E-state index contributed by atoms with van der Waals surface area (Å²) >= 11 is 1.69. The van der Waals surface area contributed by atoms with E-state index in [1.807, 2.05) is 13.0 Å². The van der Waals surface area contributed by atoms with Gasteiger partial charge in [0, 0.05) is 10.6 Å². The summed E-state index contributed by atoms with van der Waals surface area (Å²) < 4.78 is 4.73. The Balaban J connectivity index is 1.98. The lowest BCUT2D eigenvalue weighted by Crippen LogP contribution is -2.13. The second-order valence-electron chi connectivity index (χ2n) is 5.33. The number of hydrogen-bond acceptors (Lipinski definition) is 4. The van der Waals surface area contributed by atoms with Gasteiger partial charge < -0.3 is 9.84 Å². The molecule has 1 N–H and O–H groups in total. The van der Waals surface area contributed by atoms with Crippen LogP contribution in [0.3, 0.4) is 0 Å². The molecular formula is C15H18O4S. The van der Waals surface area contributed by atoms with E-state index in [1.165, 1.54) is 7.11 Å². The van der Waals surface area contributed by atoms with Gasteiger partial charge in [-0.2, -0.15) is 0 Å². The normalized spacial score (nSPS) is 15.7. The average Bonchev–Trinajstić information content (AvgIpc) is 3.17. The molecular weight excluding hydrogens is 276 g/mol. The predicted octanol–water partition coefficient (Wildman–Crippen LogP) is 3.13. The zero-order chi connectivity index (χ0) is 14.8. The summed E-state index contributed by atoms with van der Waals surface area (Å²) in [4.78, 5) is 23.3. The van der Waals surface area contributed by atoms with Crippen molar-refractivity contribution in [2.75, 3.05) is 12.9 Å². The molecule has 108 valence electrons. The molecule has 0 heterocycles. The number of ether oxygens (including phenoxy) is 1. The Morgan fingerprint density at radius 1 is 1.40 bits per heavy atom. The van der Waals surface area contributed by atoms with Gasteiger partial charge in [0.25, 0.3) is 0 Å². The fraction of sp³-hybridized carbons (Fsp3) is 0.467. The van der Waals surface area contributed by atoms with E-state index in [0.717, 1.165) is 29.1 Å². The van der Waals surface area contributed by atoms with E-state index < -0.39 is 5.97 Å². The maximum atomic E-state index is 11.4. The summed E-state index contributed by atoms with van der Waals surface area (Å²) in [5.41, 5.74) is 1.35. The van der Waals surface area contributed by atoms with Crippen LogP contribution in [-0.4, -0.2) is 29.9 Å². The smallest absolute Gasteiger partial charge is 0.335 e. The Morgan fingerprint density at radius 3 is 2.60 bits per heavy atom. The van der Waals surface area contributed by atoms with Crippen molar-refractivity contribution in [3.63, 3.8) is 0 Å². The van der Waals surface area contributed by atoms with Crippen LogP contribution < -0.4 is 0 Å². The van der Waals surface area contributed by atoms with Crippen molar-refractivity contribution in [2.24, 2.45) is 5.41 Å². The van der Waals surface area contributed by atoms with E-state index in [-0.39, 0.29) is 11.4 Å². The molecule has 1 aromatic carbocycles. The summed E-state index contributed by atoms with van der Waals surface area (Å²) in [5.74, 6) is -0.190. The summed E-state index contributed by atoms with van der Waals surface area (Å²) in [6, 6.07) is 5.15. The summed E-state index contributed by atoms with van der Waals surface area (Å²) in [5, 5.41) is 8.94. The van der Waals surface area contributed by atoms with Crippen LogP contribution in [-0.2, 0) is 9.53 Å². The molecule has 0 saturated heterocycles. The molecule has 20 heavy (non-hydrogen) atoms. The molecule has 0 amide bonds. The topological polar surface area (TPSA) is 63.6 Å². The van der Waals surface area contributed by atoms with Gasteiger partial charge in [-0.3, -0.25) is 4.79 Å². The van der Waals surface area contributed by atoms with Crippen LogP contribution >= 0.6 is 11.8 Å². The van der Waals surface area contributed by atoms with Gasteiger partial charge in [0.15, 0.2) is 0 Å². The second-order valence-corrected chi connectivity index (χ2v) is 6.34. The minimum atomic E-state index is -0.908. The number of benzene rings is 1. The monoisotopic (exact) mass is 294 g/mol. The highest BCUT2D eigenvalue weighted by Gasteiger charge is 2.44. The van der Waals surface area contributed by atoms with Gasteiger partial charge in [-0.25, -0.2) is 4.79 Å². The molecule has 1 aliphatic rings. The van der Waals surface area contributed by atoms with Gasteiger partial charge in [-0.15, -0.1) is 11.8 Å². The van der Waals surface area contributed by atoms with Crippen molar-refractivity contribution in [1.82, 2.24) is 0 Å². The molecule has 0 radical (unpaired) electrons. The minimum absolute atomic E-state index is 0.0790. The number of hydrogen-bond donors (Lipinski definition) is 1. The van der Waals surface area contributed by atoms with Gasteiger partial charge in [-0.1, -0.05) is 0 Å². The van der Waals surface area contributed by atoms with Crippen LogP contribution in [0.2, 0.25) is 0 Å². The molecule has 1 fully saturated rings. The third-order valence-electron chi connectivity index (χ3n) is 3.66. The predicted molar refractivity (Wildman–Crippen MR) is 77.2 cm³/mol. The van der Waals surface area contributed by atoms with Crippen molar-refractivity contribution in [3.05, 3.63) is 29.3 Å². The number of carboxylic acids is 1. The molecule has 5 heteroatoms. The number of carbonyl (C=O) groups is 2. The summed E-state index contributed by atoms with van der Waals surface area (Å²) in [6.07, 6.45) is 2.59. The zero-order valence-corrected chi connectivity index (χ0v) is 12.5. The highest BCUT2D eigenvalue weighted by atomic mass is 32.2. The number of rotatable bonds is 6. The maximum absolute atomic E-state index is 11.4. The second kappa shape index (κ2) is 5.87. The lowest BCUT2D eigenvalue weighted by Gasteiger charge is -2.14. The van der Waals surface area contributed by atoms with E-state index >= 15 is 0 Å². The number of aryl methyl sites for hydroxylation is 1. The summed E-state index contributed by atoms with van der Waals surface area (Å²) in [6.45, 7) is 1.91. The lowest BCUT2D eigenvalue weighted by molar-refractivity contribution is -0.141. The van der Waals surface area contributed by atoms with Crippen LogP contribution in [0.4, 0.5) is 0 Å². The fourth-order valence-corrected chi connectivity index (χ4v) is 3.41. The van der Waals surface area contributed by atoms with Crippen LogP contribution in [0.15, 0.2) is 23.1 Å². The first-order chi connectivity index (χ1) is 9.46. The van der Waals surface area contributed by atoms with Crippen LogP contribution in [0.1, 0.15) is 35.2 Å². The van der Waals surface area contributed by atoms with Crippen LogP contribution in [0.25, 0.3) is 0 Å². The fourth-order valence-electron chi connectivity index (χ4n) is 2.10. The Labute approximate surface area is 122 Å². The number of carboxylic acid groups (broad SMARTS) is 1. The third kappa shape index (κ3) is 3.54. The quantitative estimate of drug-likeness (QED) is 0.645. The van der Waals surface area contributed by atoms with E-state index in [9.17, 15) is 9.59 Å². The van der Waals surface area contributed by atoms with E-state index in [0.29, 0.717) is 12.0 Å². The van der Waals surface area contributed by atoms with Gasteiger partial charge in [0.05, 0.1) is 19.1 Å². The molecule has 1 saturated carbocycles. The van der Waals surface area contributed by atoms with Crippen LogP contribution in [0.5, 0.6) is 0 Å². The molecule has 1 aliphatic carbocycles. The van der Waals surface area contributed by atoms with Crippen LogP contribution in [0, 0.1) is 12.3 Å². The molecule has 0 bridgehead atoms. The first kappa shape index (κ1) is 14.9. The largest absolute Gasteiger partial charge is 0.478 e. The van der Waals surface area contributed by atoms with Crippen molar-refractivity contribution in [1.29, 1.82) is 0 Å². The first-order valence-corrected chi connectivity index (χ1v) is 7.48. The molecule has 0 aliphatic heterocycles. The minimum Gasteiger partial charge on any atom is -0.478 e. The molecule has 0 spiro atoms. The summed E-state index contributed by atoms with van der Waals surface area (Å²) in [7, 11) is 1.42. The van der Waals surface area contributed by atoms with Crippen molar-refractivity contribution in [3.8, 4) is 0 Å². The number of methoxy groups -OCH3 is 1. The average molecular weight is 294 g/mol. The SMILES string of the molecule is COC(=O)CC1(CSc2ccc(C(=O)O)cc2C)CC1. The Bertz CT molecular complexity index is 535. The maximum Gasteiger partial charge on any atom is 0.335 e. The number of esters is 1. The van der Waals surface area contributed by atoms with Gasteiger partial charge in [-0.05, 0) is 48.9 Å². The van der Waals surface area contributed by atoms with Crippen molar-refractivity contribution in [2.45, 2.75) is 31.1 Å². The molecule has 0 aromatic heterocycles. The molecule has 1 aromatic rings. The number of thioether (sulfide) groups is 1. The standard InChI is InChI=1S/C15H18O4S/c1-10-7-11(14(17)18)3-4-12(10)20-9-15(5-6-15)8-13(16)19-2/h3-4,7H,5-6,8-9H2,1-2H3,(H,17,18). The third-order valence-corrected chi connectivity index (χ3v) is 5.19. The number of carbonyl (C=O) groups excluding carboxylic acids is 1. The lowest BCUT2D eigenvalue weighted by atomic mass is 10.1. The van der Waals surface area contributed by atoms with Crippen molar-refractivity contribution >= 4 is 23.7 Å². The molecule has 2 rings (SSSR count). The number of aromatic carboxylic acids is 1. The molecule has 0 unspecified atom stereocenters. The molecule has 0 atom stereocenters. The van der Waals surface area contributed by atoms with E-state index in [2.05, 4.69) is 0 Å². The van der Waals surface area contributed by atoms with E-state index in [1.54, 1.807) is 23.9 Å². The van der Waals surface area contributed by atoms with Gasteiger partial charge >= 0.3 is 11.9 Å². The zero-order valence-electron chi connectivity index (χ0n) is 11.6.